The van der Waals surface area contributed by atoms with E-state index in [1.807, 2.05) is 35.2 Å². The molecule has 3 aliphatic rings. The highest BCUT2D eigenvalue weighted by Crippen LogP contribution is 2.43. The third-order valence-electron chi connectivity index (χ3n) is 12.0. The lowest BCUT2D eigenvalue weighted by molar-refractivity contribution is -0.384. The van der Waals surface area contributed by atoms with Crippen LogP contribution in [-0.4, -0.2) is 73.3 Å². The minimum Gasteiger partial charge on any atom is -0.455 e. The Kier molecular flexibility index (Phi) is 11.6. The summed E-state index contributed by atoms with van der Waals surface area (Å²) < 4.78 is 54.8. The number of rotatable bonds is 13. The van der Waals surface area contributed by atoms with E-state index < -0.39 is 37.9 Å². The molecule has 1 aliphatic heterocycles. The first kappa shape index (κ1) is 39.7. The summed E-state index contributed by atoms with van der Waals surface area (Å²) in [6.07, 6.45) is 11.0. The molecule has 3 N–H and O–H groups in total. The van der Waals surface area contributed by atoms with Crippen LogP contribution in [0.25, 0.3) is 16.6 Å². The molecule has 0 bridgehead atoms. The summed E-state index contributed by atoms with van der Waals surface area (Å²) in [6, 6.07) is 19.6. The molecule has 320 valence electrons. The molecule has 8 rings (SSSR count). The first-order valence-electron chi connectivity index (χ1n) is 21.9. The zero-order valence-corrected chi connectivity index (χ0v) is 35.9. The largest absolute Gasteiger partial charge is 0.455 e. The molecule has 2 fully saturated rings. The molecule has 0 spiro atoms. The highest BCUT2D eigenvalue weighted by Gasteiger charge is 2.30. The van der Waals surface area contributed by atoms with E-state index in [0.29, 0.717) is 67.2 Å². The molecule has 1 amide bonds. The Morgan fingerprint density at radius 2 is 1.80 bits per heavy atom. The average molecular weight is 868 g/mol. The first-order valence-corrected chi connectivity index (χ1v) is 22.8. The summed E-state index contributed by atoms with van der Waals surface area (Å²) in [7, 11) is -4.58. The number of anilines is 2. The van der Waals surface area contributed by atoms with E-state index in [1.165, 1.54) is 30.8 Å². The van der Waals surface area contributed by atoms with Crippen molar-refractivity contribution in [3.05, 3.63) is 117 Å². The van der Waals surface area contributed by atoms with Gasteiger partial charge in [-0.2, -0.15) is 0 Å². The molecule has 15 heteroatoms. The molecule has 2 aliphatic carbocycles. The minimum atomic E-state index is -4.58. The van der Waals surface area contributed by atoms with Crippen molar-refractivity contribution in [3.8, 4) is 11.5 Å². The molecular formula is C46H52ClN7O6S. The number of halogens is 1. The Hall–Kier alpha value is -5.44. The van der Waals surface area contributed by atoms with Gasteiger partial charge in [0.2, 0.25) is 0 Å². The van der Waals surface area contributed by atoms with Crippen LogP contribution in [0.5, 0.6) is 11.5 Å². The number of H-pyrrole nitrogens is 1. The maximum atomic E-state index is 13.9. The van der Waals surface area contributed by atoms with Crippen LogP contribution in [0.3, 0.4) is 0 Å². The molecule has 3 heterocycles. The topological polar surface area (TPSA) is 163 Å². The van der Waals surface area contributed by atoms with Gasteiger partial charge in [0.05, 0.1) is 21.6 Å². The van der Waals surface area contributed by atoms with E-state index in [0.717, 1.165) is 66.7 Å². The van der Waals surface area contributed by atoms with Crippen LogP contribution >= 0.6 is 11.6 Å². The van der Waals surface area contributed by atoms with Crippen LogP contribution in [0.2, 0.25) is 5.02 Å². The van der Waals surface area contributed by atoms with E-state index in [2.05, 4.69) is 38.8 Å². The van der Waals surface area contributed by atoms with Gasteiger partial charge in [-0.25, -0.2) is 18.1 Å². The van der Waals surface area contributed by atoms with Crippen molar-refractivity contribution in [2.45, 2.75) is 70.1 Å². The lowest BCUT2D eigenvalue weighted by Gasteiger charge is -2.39. The van der Waals surface area contributed by atoms with Crippen molar-refractivity contribution in [3.63, 3.8) is 0 Å². The number of fused-ring (bicyclic) bond motifs is 1. The van der Waals surface area contributed by atoms with Crippen molar-refractivity contribution >= 4 is 61.2 Å². The molecule has 0 unspecified atom stereocenters. The van der Waals surface area contributed by atoms with Crippen molar-refractivity contribution in [1.82, 2.24) is 19.6 Å². The molecular weight excluding hydrogens is 814 g/mol. The number of sulfonamides is 1. The fourth-order valence-corrected chi connectivity index (χ4v) is 9.66. The highest BCUT2D eigenvalue weighted by atomic mass is 35.5. The van der Waals surface area contributed by atoms with Crippen molar-refractivity contribution in [2.75, 3.05) is 49.4 Å². The van der Waals surface area contributed by atoms with Gasteiger partial charge >= 0.3 is 0 Å². The zero-order chi connectivity index (χ0) is 44.5. The summed E-state index contributed by atoms with van der Waals surface area (Å²) in [5.41, 5.74) is 3.87. The Bertz CT molecular complexity index is 2660. The van der Waals surface area contributed by atoms with Crippen LogP contribution < -0.4 is 19.7 Å². The predicted molar refractivity (Wildman–Crippen MR) is 240 cm³/mol. The standard InChI is InChI=1S/C46H52ClN7O6S/c1-46(2)18-16-34(40(27-46)32-8-10-35(47)11-9-32)30-52-20-22-53(23-21-52)36-12-14-39(43(25-36)60-37-24-33-17-19-48-44(33)50-29-37)45(55)51-61(58,59)38-13-15-41(42(26-38)54(56)57)49-28-31-6-4-3-5-7-31/h8-15,17,19,24-26,29,31,49H,3-7,16,18,20-23,27-28,30H2,1-2H3,(H,48,50)(H,51,55)/i30D2. The number of benzene rings is 3. The average Bonchev–Trinajstić information content (AvgIpc) is 3.74. The number of carbonyl (C=O) groups excluding carboxylic acids is 1. The smallest absolute Gasteiger partial charge is 0.293 e. The van der Waals surface area contributed by atoms with E-state index in [4.69, 9.17) is 16.3 Å². The fourth-order valence-electron chi connectivity index (χ4n) is 8.55. The van der Waals surface area contributed by atoms with E-state index in [-0.39, 0.29) is 22.4 Å². The van der Waals surface area contributed by atoms with Gasteiger partial charge in [0.15, 0.2) is 0 Å². The predicted octanol–water partition coefficient (Wildman–Crippen LogP) is 9.81. The van der Waals surface area contributed by atoms with Crippen LogP contribution in [0.15, 0.2) is 95.7 Å². The van der Waals surface area contributed by atoms with Gasteiger partial charge in [0.25, 0.3) is 21.6 Å². The summed E-state index contributed by atoms with van der Waals surface area (Å²) in [5, 5.41) is 16.6. The second-order valence-corrected chi connectivity index (χ2v) is 19.1. The van der Waals surface area contributed by atoms with E-state index >= 15 is 0 Å². The third-order valence-corrected chi connectivity index (χ3v) is 13.6. The molecule has 3 aromatic carbocycles. The number of pyridine rings is 1. The maximum Gasteiger partial charge on any atom is 0.293 e. The molecule has 5 aromatic rings. The quantitative estimate of drug-likeness (QED) is 0.0767. The second-order valence-electron chi connectivity index (χ2n) is 17.0. The Morgan fingerprint density at radius 3 is 2.56 bits per heavy atom. The summed E-state index contributed by atoms with van der Waals surface area (Å²) in [4.78, 5) is 36.4. The number of allylic oxidation sites excluding steroid dienone is 1. The lowest BCUT2D eigenvalue weighted by atomic mass is 9.72. The van der Waals surface area contributed by atoms with Gasteiger partial charge < -0.3 is 19.9 Å². The number of hydrogen-bond donors (Lipinski definition) is 3. The number of ether oxygens (including phenoxy) is 1. The minimum absolute atomic E-state index is 0.0290. The van der Waals surface area contributed by atoms with Crippen LogP contribution in [0.1, 0.15) is 83.9 Å². The van der Waals surface area contributed by atoms with Gasteiger partial charge in [0, 0.05) is 76.4 Å². The number of nitrogens with one attached hydrogen (secondary N) is 3. The fraction of sp³-hybridized carbons (Fsp3) is 0.391. The summed E-state index contributed by atoms with van der Waals surface area (Å²) in [5.74, 6) is -0.244. The number of piperazine rings is 1. The molecule has 0 radical (unpaired) electrons. The molecule has 1 saturated heterocycles. The normalized spacial score (nSPS) is 18.4. The van der Waals surface area contributed by atoms with Crippen molar-refractivity contribution < 1.29 is 25.6 Å². The molecule has 2 aromatic heterocycles. The Balaban J connectivity index is 1.03. The molecule has 1 saturated carbocycles. The van der Waals surface area contributed by atoms with Gasteiger partial charge in [-0.05, 0) is 103 Å². The number of amides is 1. The lowest BCUT2D eigenvalue weighted by Crippen LogP contribution is -2.47. The highest BCUT2D eigenvalue weighted by molar-refractivity contribution is 7.90. The summed E-state index contributed by atoms with van der Waals surface area (Å²) in [6.45, 7) is 5.05. The third kappa shape index (κ3) is 10.0. The number of nitrogens with zero attached hydrogens (tertiary/aromatic N) is 4. The van der Waals surface area contributed by atoms with E-state index in [1.54, 1.807) is 24.4 Å². The number of hydrogen-bond acceptors (Lipinski definition) is 10. The number of aromatic nitrogens is 2. The first-order chi connectivity index (χ1) is 30.1. The molecule has 13 nitrogen and oxygen atoms in total. The zero-order valence-electron chi connectivity index (χ0n) is 36.4. The van der Waals surface area contributed by atoms with Gasteiger partial charge in [-0.15, -0.1) is 0 Å². The van der Waals surface area contributed by atoms with Crippen LogP contribution in [0, 0.1) is 21.4 Å². The Labute approximate surface area is 364 Å². The van der Waals surface area contributed by atoms with Gasteiger partial charge in [-0.1, -0.05) is 62.4 Å². The number of carbonyl (C=O) groups is 1. The van der Waals surface area contributed by atoms with Crippen molar-refractivity contribution in [1.29, 1.82) is 0 Å². The number of nitro groups is 1. The second kappa shape index (κ2) is 17.9. The number of aromatic amines is 1. The molecule has 0 atom stereocenters. The summed E-state index contributed by atoms with van der Waals surface area (Å²) >= 11 is 6.22. The monoisotopic (exact) mass is 867 g/mol. The van der Waals surface area contributed by atoms with Gasteiger partial charge in [0.1, 0.15) is 22.8 Å². The van der Waals surface area contributed by atoms with E-state index in [9.17, 15) is 26.1 Å². The number of nitro benzene ring substituents is 1. The van der Waals surface area contributed by atoms with Crippen molar-refractivity contribution in [2.24, 2.45) is 11.3 Å². The Morgan fingerprint density at radius 1 is 1.03 bits per heavy atom. The SMILES string of the molecule is [2H]C([2H])(C1=C(c2ccc(Cl)cc2)CC(C)(C)CC1)N1CCN(c2ccc(C(=O)NS(=O)(=O)c3ccc(NCC4CCCCC4)c([N+](=O)[O-])c3)c(Oc3cnc4[nH]ccc4c3)c2)CC1. The maximum absolute atomic E-state index is 13.9. The van der Waals surface area contributed by atoms with Crippen LogP contribution in [-0.2, 0) is 10.0 Å². The molecule has 61 heavy (non-hydrogen) atoms. The van der Waals surface area contributed by atoms with Gasteiger partial charge in [-0.3, -0.25) is 19.8 Å². The van der Waals surface area contributed by atoms with Crippen LogP contribution in [0.4, 0.5) is 17.1 Å².